The maximum Gasteiger partial charge on any atom is 0.391 e. The van der Waals surface area contributed by atoms with Gasteiger partial charge in [-0.3, -0.25) is 4.79 Å². The average molecular weight is 212 g/mol. The molecule has 0 amide bonds. The Bertz CT molecular complexity index is 226. The second-order valence-corrected chi connectivity index (χ2v) is 3.63. The highest BCUT2D eigenvalue weighted by atomic mass is 19.4. The molecule has 0 aromatic carbocycles. The zero-order chi connectivity index (χ0) is 10.9. The monoisotopic (exact) mass is 212 g/mol. The molecular formula is C8H11F3O3. The highest BCUT2D eigenvalue weighted by molar-refractivity contribution is 5.70. The summed E-state index contributed by atoms with van der Waals surface area (Å²) in [6.45, 7) is 0. The smallest absolute Gasteiger partial charge is 0.391 e. The summed E-state index contributed by atoms with van der Waals surface area (Å²) in [4.78, 5) is 10.5. The van der Waals surface area contributed by atoms with Gasteiger partial charge in [-0.1, -0.05) is 0 Å². The van der Waals surface area contributed by atoms with Gasteiger partial charge in [-0.15, -0.1) is 0 Å². The van der Waals surface area contributed by atoms with Gasteiger partial charge in [-0.2, -0.15) is 13.2 Å². The van der Waals surface area contributed by atoms with Gasteiger partial charge in [0.1, 0.15) is 0 Å². The fourth-order valence-corrected chi connectivity index (χ4v) is 1.76. The molecule has 0 radical (unpaired) electrons. The van der Waals surface area contributed by atoms with E-state index in [0.29, 0.717) is 0 Å². The molecule has 6 heteroatoms. The van der Waals surface area contributed by atoms with Crippen molar-refractivity contribution in [1.82, 2.24) is 0 Å². The number of aliphatic hydroxyl groups excluding tert-OH is 1. The van der Waals surface area contributed by atoms with Crippen molar-refractivity contribution in [2.24, 2.45) is 11.8 Å². The number of aliphatic carboxylic acids is 1. The van der Waals surface area contributed by atoms with Gasteiger partial charge in [-0.05, 0) is 19.3 Å². The summed E-state index contributed by atoms with van der Waals surface area (Å²) in [6.07, 6.45) is -6.45. The first-order valence-electron chi connectivity index (χ1n) is 4.28. The molecule has 1 aliphatic carbocycles. The molecule has 0 unspecified atom stereocenters. The normalized spacial score (nSPS) is 34.1. The number of carboxylic acids is 1. The van der Waals surface area contributed by atoms with Gasteiger partial charge in [0.2, 0.25) is 0 Å². The number of halogens is 3. The third kappa shape index (κ3) is 2.60. The Morgan fingerprint density at radius 2 is 1.79 bits per heavy atom. The molecule has 1 fully saturated rings. The first-order chi connectivity index (χ1) is 6.30. The zero-order valence-electron chi connectivity index (χ0n) is 7.29. The summed E-state index contributed by atoms with van der Waals surface area (Å²) < 4.78 is 36.7. The third-order valence-electron chi connectivity index (χ3n) is 2.49. The van der Waals surface area contributed by atoms with Crippen LogP contribution in [0.4, 0.5) is 13.2 Å². The van der Waals surface area contributed by atoms with Crippen LogP contribution in [-0.2, 0) is 4.79 Å². The van der Waals surface area contributed by atoms with E-state index in [1.165, 1.54) is 0 Å². The molecule has 3 atom stereocenters. The Kier molecular flexibility index (Phi) is 3.04. The van der Waals surface area contributed by atoms with Crippen molar-refractivity contribution < 1.29 is 28.2 Å². The molecule has 0 aromatic rings. The minimum Gasteiger partial charge on any atom is -0.481 e. The molecule has 1 saturated carbocycles. The molecule has 1 rings (SSSR count). The number of carbonyl (C=O) groups is 1. The standard InChI is InChI=1S/C8H11F3O3/c9-8(10,11)5-1-4(7(13)14)2-6(12)3-5/h4-6,12H,1-3H2,(H,13,14)/t4-,5-,6+/m0/s1. The number of rotatable bonds is 1. The van der Waals surface area contributed by atoms with Crippen molar-refractivity contribution in [3.63, 3.8) is 0 Å². The highest BCUT2D eigenvalue weighted by Crippen LogP contribution is 2.39. The summed E-state index contributed by atoms with van der Waals surface area (Å²) >= 11 is 0. The molecule has 0 spiro atoms. The lowest BCUT2D eigenvalue weighted by Gasteiger charge is -2.31. The first-order valence-corrected chi connectivity index (χ1v) is 4.28. The van der Waals surface area contributed by atoms with E-state index in [0.717, 1.165) is 0 Å². The van der Waals surface area contributed by atoms with Crippen LogP contribution in [0.2, 0.25) is 0 Å². The number of aliphatic hydroxyl groups is 1. The van der Waals surface area contributed by atoms with Crippen molar-refractivity contribution >= 4 is 5.97 Å². The van der Waals surface area contributed by atoms with Crippen molar-refractivity contribution in [3.8, 4) is 0 Å². The fraction of sp³-hybridized carbons (Fsp3) is 0.875. The first kappa shape index (κ1) is 11.3. The number of hydrogen-bond donors (Lipinski definition) is 2. The van der Waals surface area contributed by atoms with E-state index in [2.05, 4.69) is 0 Å². The summed E-state index contributed by atoms with van der Waals surface area (Å²) in [5.74, 6) is -4.03. The lowest BCUT2D eigenvalue weighted by molar-refractivity contribution is -0.196. The van der Waals surface area contributed by atoms with Crippen LogP contribution in [0.1, 0.15) is 19.3 Å². The van der Waals surface area contributed by atoms with E-state index in [1.54, 1.807) is 0 Å². The molecule has 0 aromatic heterocycles. The molecule has 0 aliphatic heterocycles. The van der Waals surface area contributed by atoms with Gasteiger partial charge in [0.25, 0.3) is 0 Å². The minimum absolute atomic E-state index is 0.0814. The molecule has 1 aliphatic rings. The lowest BCUT2D eigenvalue weighted by Crippen LogP contribution is -2.37. The van der Waals surface area contributed by atoms with Gasteiger partial charge in [0.05, 0.1) is 17.9 Å². The number of hydrogen-bond acceptors (Lipinski definition) is 2. The molecule has 0 bridgehead atoms. The van der Waals surface area contributed by atoms with Crippen LogP contribution < -0.4 is 0 Å². The Labute approximate surface area is 78.5 Å². The Balaban J connectivity index is 2.68. The van der Waals surface area contributed by atoms with Crippen LogP contribution in [0.25, 0.3) is 0 Å². The van der Waals surface area contributed by atoms with E-state index in [9.17, 15) is 18.0 Å². The molecule has 0 heterocycles. The van der Waals surface area contributed by atoms with Crippen LogP contribution in [-0.4, -0.2) is 28.5 Å². The summed E-state index contributed by atoms with van der Waals surface area (Å²) in [6, 6.07) is 0. The van der Waals surface area contributed by atoms with Crippen molar-refractivity contribution in [2.45, 2.75) is 31.5 Å². The van der Waals surface area contributed by atoms with Crippen molar-refractivity contribution in [3.05, 3.63) is 0 Å². The van der Waals surface area contributed by atoms with E-state index < -0.39 is 36.5 Å². The summed E-state index contributed by atoms with van der Waals surface area (Å²) in [7, 11) is 0. The van der Waals surface area contributed by atoms with Gasteiger partial charge < -0.3 is 10.2 Å². The van der Waals surface area contributed by atoms with Crippen LogP contribution in [0.15, 0.2) is 0 Å². The summed E-state index contributed by atoms with van der Waals surface area (Å²) in [5, 5.41) is 17.7. The minimum atomic E-state index is -4.41. The van der Waals surface area contributed by atoms with E-state index in [-0.39, 0.29) is 12.8 Å². The largest absolute Gasteiger partial charge is 0.481 e. The second kappa shape index (κ2) is 3.76. The van der Waals surface area contributed by atoms with Crippen LogP contribution in [0, 0.1) is 11.8 Å². The maximum absolute atomic E-state index is 12.2. The third-order valence-corrected chi connectivity index (χ3v) is 2.49. The fourth-order valence-electron chi connectivity index (χ4n) is 1.76. The number of carboxylic acid groups (broad SMARTS) is 1. The highest BCUT2D eigenvalue weighted by Gasteiger charge is 2.46. The Hall–Kier alpha value is -0.780. The molecule has 3 nitrogen and oxygen atoms in total. The molecular weight excluding hydrogens is 201 g/mol. The van der Waals surface area contributed by atoms with E-state index in [4.69, 9.17) is 10.2 Å². The molecule has 0 saturated heterocycles. The van der Waals surface area contributed by atoms with Gasteiger partial charge in [0, 0.05) is 0 Å². The molecule has 2 N–H and O–H groups in total. The topological polar surface area (TPSA) is 57.5 Å². The second-order valence-electron chi connectivity index (χ2n) is 3.63. The van der Waals surface area contributed by atoms with E-state index >= 15 is 0 Å². The zero-order valence-corrected chi connectivity index (χ0v) is 7.29. The van der Waals surface area contributed by atoms with Crippen LogP contribution in [0.5, 0.6) is 0 Å². The van der Waals surface area contributed by atoms with Gasteiger partial charge >= 0.3 is 12.1 Å². The van der Waals surface area contributed by atoms with Crippen LogP contribution in [0.3, 0.4) is 0 Å². The predicted molar refractivity (Wildman–Crippen MR) is 40.5 cm³/mol. The van der Waals surface area contributed by atoms with Crippen molar-refractivity contribution in [1.29, 1.82) is 0 Å². The number of alkyl halides is 3. The Morgan fingerprint density at radius 3 is 2.21 bits per heavy atom. The quantitative estimate of drug-likeness (QED) is 0.690. The van der Waals surface area contributed by atoms with Crippen molar-refractivity contribution in [2.75, 3.05) is 0 Å². The predicted octanol–water partition coefficient (Wildman–Crippen LogP) is 1.41. The lowest BCUT2D eigenvalue weighted by atomic mass is 9.79. The van der Waals surface area contributed by atoms with Gasteiger partial charge in [-0.25, -0.2) is 0 Å². The molecule has 82 valence electrons. The molecule has 14 heavy (non-hydrogen) atoms. The maximum atomic E-state index is 12.2. The summed E-state index contributed by atoms with van der Waals surface area (Å²) in [5.41, 5.74) is 0. The van der Waals surface area contributed by atoms with E-state index in [1.807, 2.05) is 0 Å². The van der Waals surface area contributed by atoms with Gasteiger partial charge in [0.15, 0.2) is 0 Å². The Morgan fingerprint density at radius 1 is 1.21 bits per heavy atom. The van der Waals surface area contributed by atoms with Crippen LogP contribution >= 0.6 is 0 Å². The average Bonchev–Trinajstić information content (AvgIpc) is 2.01. The SMILES string of the molecule is O=C(O)[C@@H]1C[C@@H](O)C[C@@H](C(F)(F)F)C1.